The summed E-state index contributed by atoms with van der Waals surface area (Å²) in [5, 5.41) is 4.87. The maximum absolute atomic E-state index is 12.5. The standard InChI is InChI=1S/C26H32N4O2/c1-16(2)22-13-29-26-21(22)11-19(12-28-26)18-9-17-6-8-30(25(31)15-32-3)14-23(17)20(10-18)24-5-4-7-27-24/h9-13,16,24,27H,4-8,14-15H2,1-3H3,(H,28,29)/t24-/m0/s1. The van der Waals surface area contributed by atoms with E-state index >= 15 is 0 Å². The van der Waals surface area contributed by atoms with Gasteiger partial charge in [-0.3, -0.25) is 4.79 Å². The van der Waals surface area contributed by atoms with E-state index < -0.39 is 0 Å². The Labute approximate surface area is 189 Å². The molecule has 2 aliphatic heterocycles. The number of carbonyl (C=O) groups is 1. The maximum atomic E-state index is 12.5. The second-order valence-electron chi connectivity index (χ2n) is 9.37. The van der Waals surface area contributed by atoms with Crippen molar-refractivity contribution in [2.45, 2.75) is 51.6 Å². The van der Waals surface area contributed by atoms with E-state index in [1.165, 1.54) is 39.6 Å². The normalized spacial score (nSPS) is 18.5. The van der Waals surface area contributed by atoms with E-state index in [0.717, 1.165) is 37.1 Å². The molecule has 0 unspecified atom stereocenters. The number of rotatable bonds is 5. The summed E-state index contributed by atoms with van der Waals surface area (Å²) in [6, 6.07) is 7.27. The number of hydrogen-bond acceptors (Lipinski definition) is 4. The summed E-state index contributed by atoms with van der Waals surface area (Å²) in [7, 11) is 1.58. The summed E-state index contributed by atoms with van der Waals surface area (Å²) in [5.74, 6) is 0.508. The van der Waals surface area contributed by atoms with Crippen LogP contribution in [0.15, 0.2) is 30.6 Å². The molecular weight excluding hydrogens is 400 g/mol. The highest BCUT2D eigenvalue weighted by atomic mass is 16.5. The third-order valence-electron chi connectivity index (χ3n) is 6.95. The van der Waals surface area contributed by atoms with Gasteiger partial charge in [0.15, 0.2) is 0 Å². The lowest BCUT2D eigenvalue weighted by molar-refractivity contribution is -0.136. The Hall–Kier alpha value is -2.70. The highest BCUT2D eigenvalue weighted by Crippen LogP contribution is 2.36. The fraction of sp³-hybridized carbons (Fsp3) is 0.462. The summed E-state index contributed by atoms with van der Waals surface area (Å²) in [5.41, 5.74) is 8.61. The first-order valence-corrected chi connectivity index (χ1v) is 11.7. The Morgan fingerprint density at radius 1 is 1.28 bits per heavy atom. The van der Waals surface area contributed by atoms with Gasteiger partial charge in [-0.05, 0) is 71.7 Å². The van der Waals surface area contributed by atoms with Crippen LogP contribution >= 0.6 is 0 Å². The summed E-state index contributed by atoms with van der Waals surface area (Å²) in [6.07, 6.45) is 7.25. The number of pyridine rings is 1. The van der Waals surface area contributed by atoms with Crippen molar-refractivity contribution in [3.05, 3.63) is 52.8 Å². The van der Waals surface area contributed by atoms with Crippen LogP contribution in [0.2, 0.25) is 0 Å². The topological polar surface area (TPSA) is 70.2 Å². The Morgan fingerprint density at radius 3 is 2.91 bits per heavy atom. The fourth-order valence-corrected chi connectivity index (χ4v) is 5.21. The van der Waals surface area contributed by atoms with Crippen molar-refractivity contribution in [2.24, 2.45) is 0 Å². The number of aromatic amines is 1. The van der Waals surface area contributed by atoms with Crippen molar-refractivity contribution in [3.63, 3.8) is 0 Å². The van der Waals surface area contributed by atoms with E-state index in [2.05, 4.69) is 48.5 Å². The molecule has 0 saturated carbocycles. The summed E-state index contributed by atoms with van der Waals surface area (Å²) in [6.45, 7) is 7.03. The molecule has 3 aromatic rings. The lowest BCUT2D eigenvalue weighted by Crippen LogP contribution is -2.38. The first kappa shape index (κ1) is 21.2. The van der Waals surface area contributed by atoms with Gasteiger partial charge in [-0.2, -0.15) is 0 Å². The molecule has 6 heteroatoms. The zero-order chi connectivity index (χ0) is 22.2. The minimum absolute atomic E-state index is 0.0656. The lowest BCUT2D eigenvalue weighted by atomic mass is 9.87. The molecule has 168 valence electrons. The van der Waals surface area contributed by atoms with Gasteiger partial charge in [0.05, 0.1) is 0 Å². The summed E-state index contributed by atoms with van der Waals surface area (Å²) in [4.78, 5) is 22.5. The molecule has 0 aliphatic carbocycles. The molecule has 1 atom stereocenters. The van der Waals surface area contributed by atoms with E-state index in [1.54, 1.807) is 7.11 Å². The van der Waals surface area contributed by atoms with Gasteiger partial charge in [0.25, 0.3) is 0 Å². The Balaban J connectivity index is 1.58. The first-order chi connectivity index (χ1) is 15.5. The number of carbonyl (C=O) groups excluding carboxylic acids is 1. The highest BCUT2D eigenvalue weighted by molar-refractivity contribution is 5.85. The fourth-order valence-electron chi connectivity index (χ4n) is 5.21. The number of aromatic nitrogens is 2. The van der Waals surface area contributed by atoms with Gasteiger partial charge in [-0.1, -0.05) is 19.9 Å². The van der Waals surface area contributed by atoms with E-state index in [1.807, 2.05) is 11.1 Å². The number of fused-ring (bicyclic) bond motifs is 2. The van der Waals surface area contributed by atoms with Gasteiger partial charge in [-0.25, -0.2) is 4.98 Å². The number of H-pyrrole nitrogens is 1. The lowest BCUT2D eigenvalue weighted by Gasteiger charge is -2.32. The number of methoxy groups -OCH3 is 1. The quantitative estimate of drug-likeness (QED) is 0.630. The molecule has 0 radical (unpaired) electrons. The molecule has 1 aromatic carbocycles. The number of ether oxygens (including phenoxy) is 1. The predicted molar refractivity (Wildman–Crippen MR) is 127 cm³/mol. The van der Waals surface area contributed by atoms with Gasteiger partial charge in [0.2, 0.25) is 5.91 Å². The van der Waals surface area contributed by atoms with Crippen LogP contribution in [0.1, 0.15) is 60.9 Å². The number of nitrogens with one attached hydrogen (secondary N) is 2. The van der Waals surface area contributed by atoms with Gasteiger partial charge < -0.3 is 19.9 Å². The van der Waals surface area contributed by atoms with Crippen LogP contribution in [0.5, 0.6) is 0 Å². The van der Waals surface area contributed by atoms with Crippen LogP contribution in [0.4, 0.5) is 0 Å². The van der Waals surface area contributed by atoms with Crippen LogP contribution in [-0.4, -0.2) is 47.6 Å². The monoisotopic (exact) mass is 432 g/mol. The van der Waals surface area contributed by atoms with Gasteiger partial charge in [0, 0.05) is 49.6 Å². The average molecular weight is 433 g/mol. The van der Waals surface area contributed by atoms with E-state index in [-0.39, 0.29) is 12.5 Å². The average Bonchev–Trinajstić information content (AvgIpc) is 3.48. The zero-order valence-electron chi connectivity index (χ0n) is 19.2. The molecule has 1 amide bonds. The third kappa shape index (κ3) is 3.82. The molecule has 32 heavy (non-hydrogen) atoms. The second-order valence-corrected chi connectivity index (χ2v) is 9.37. The molecular formula is C26H32N4O2. The van der Waals surface area contributed by atoms with Crippen LogP contribution in [0.3, 0.4) is 0 Å². The van der Waals surface area contributed by atoms with Crippen LogP contribution in [0.25, 0.3) is 22.2 Å². The number of amides is 1. The molecule has 1 fully saturated rings. The Kier molecular flexibility index (Phi) is 5.74. The second kappa shape index (κ2) is 8.68. The van der Waals surface area contributed by atoms with Crippen molar-refractivity contribution in [2.75, 3.05) is 26.8 Å². The third-order valence-corrected chi connectivity index (χ3v) is 6.95. The van der Waals surface area contributed by atoms with Crippen LogP contribution in [-0.2, 0) is 22.5 Å². The molecule has 2 N–H and O–H groups in total. The Morgan fingerprint density at radius 2 is 2.16 bits per heavy atom. The van der Waals surface area contributed by atoms with Crippen molar-refractivity contribution in [1.29, 1.82) is 0 Å². The number of hydrogen-bond donors (Lipinski definition) is 2. The first-order valence-electron chi connectivity index (χ1n) is 11.7. The largest absolute Gasteiger partial charge is 0.375 e. The molecule has 0 bridgehead atoms. The molecule has 0 spiro atoms. The summed E-state index contributed by atoms with van der Waals surface area (Å²) < 4.78 is 5.09. The number of nitrogens with zero attached hydrogens (tertiary/aromatic N) is 2. The van der Waals surface area contributed by atoms with E-state index in [9.17, 15) is 4.79 Å². The smallest absolute Gasteiger partial charge is 0.248 e. The highest BCUT2D eigenvalue weighted by Gasteiger charge is 2.28. The van der Waals surface area contributed by atoms with Crippen molar-refractivity contribution >= 4 is 16.9 Å². The molecule has 2 aromatic heterocycles. The molecule has 5 rings (SSSR count). The molecule has 1 saturated heterocycles. The predicted octanol–water partition coefficient (Wildman–Crippen LogP) is 4.31. The number of benzene rings is 1. The van der Waals surface area contributed by atoms with E-state index in [4.69, 9.17) is 9.72 Å². The zero-order valence-corrected chi connectivity index (χ0v) is 19.2. The maximum Gasteiger partial charge on any atom is 0.248 e. The van der Waals surface area contributed by atoms with Gasteiger partial charge in [-0.15, -0.1) is 0 Å². The van der Waals surface area contributed by atoms with Crippen molar-refractivity contribution in [1.82, 2.24) is 20.2 Å². The minimum atomic E-state index is 0.0656. The minimum Gasteiger partial charge on any atom is -0.375 e. The molecule has 6 nitrogen and oxygen atoms in total. The SMILES string of the molecule is COCC(=O)N1CCc2cc(-c3cnc4[nH]cc(C(C)C)c4c3)cc([C@@H]3CCCN3)c2C1. The summed E-state index contributed by atoms with van der Waals surface area (Å²) >= 11 is 0. The van der Waals surface area contributed by atoms with Gasteiger partial charge >= 0.3 is 0 Å². The van der Waals surface area contributed by atoms with Gasteiger partial charge in [0.1, 0.15) is 12.3 Å². The Bertz CT molecular complexity index is 1140. The van der Waals surface area contributed by atoms with Crippen molar-refractivity contribution < 1.29 is 9.53 Å². The van der Waals surface area contributed by atoms with Crippen LogP contribution in [0, 0.1) is 0 Å². The van der Waals surface area contributed by atoms with Crippen molar-refractivity contribution in [3.8, 4) is 11.1 Å². The molecule has 2 aliphatic rings. The van der Waals surface area contributed by atoms with Crippen LogP contribution < -0.4 is 5.32 Å². The van der Waals surface area contributed by atoms with E-state index in [0.29, 0.717) is 18.5 Å². The molecule has 4 heterocycles.